The Labute approximate surface area is 348 Å². The molecule has 0 spiro atoms. The second-order valence-electron chi connectivity index (χ2n) is 23.3. The summed E-state index contributed by atoms with van der Waals surface area (Å²) in [7, 11) is 0. The van der Waals surface area contributed by atoms with Crippen LogP contribution in [-0.4, -0.2) is 23.3 Å². The summed E-state index contributed by atoms with van der Waals surface area (Å²) in [6.07, 6.45) is 36.4. The monoisotopic (exact) mass is 777 g/mol. The van der Waals surface area contributed by atoms with E-state index in [9.17, 15) is 9.59 Å². The van der Waals surface area contributed by atoms with Crippen LogP contribution in [0.15, 0.2) is 59.3 Å². The van der Waals surface area contributed by atoms with E-state index in [4.69, 9.17) is 4.74 Å². The summed E-state index contributed by atoms with van der Waals surface area (Å²) < 4.78 is 5.85. The second kappa shape index (κ2) is 15.2. The van der Waals surface area contributed by atoms with Crippen LogP contribution in [0.3, 0.4) is 0 Å². The van der Waals surface area contributed by atoms with Crippen LogP contribution in [0, 0.1) is 80.8 Å². The predicted octanol–water partition coefficient (Wildman–Crippen LogP) is 13.8. The first-order chi connectivity index (χ1) is 26.9. The molecule has 0 aromatic carbocycles. The van der Waals surface area contributed by atoms with Crippen molar-refractivity contribution in [1.82, 2.24) is 0 Å². The van der Waals surface area contributed by atoms with E-state index in [0.29, 0.717) is 34.4 Å². The van der Waals surface area contributed by atoms with E-state index in [1.807, 2.05) is 12.2 Å². The van der Waals surface area contributed by atoms with Crippen molar-refractivity contribution in [2.75, 3.05) is 0 Å². The molecule has 1 heterocycles. The number of hydrogen-bond donors (Lipinski definition) is 0. The minimum Gasteiger partial charge on any atom is -0.367 e. The summed E-state index contributed by atoms with van der Waals surface area (Å²) >= 11 is 0. The number of carbonyl (C=O) groups excluding carboxylic acids is 2. The zero-order valence-corrected chi connectivity index (χ0v) is 37.9. The lowest BCUT2D eigenvalue weighted by Gasteiger charge is -2.56. The van der Waals surface area contributed by atoms with Gasteiger partial charge in [0.2, 0.25) is 0 Å². The lowest BCUT2D eigenvalue weighted by atomic mass is 9.48. The Morgan fingerprint density at radius 3 is 1.56 bits per heavy atom. The van der Waals surface area contributed by atoms with Crippen molar-refractivity contribution in [1.29, 1.82) is 0 Å². The molecule has 0 aromatic rings. The van der Waals surface area contributed by atoms with Crippen molar-refractivity contribution >= 4 is 11.6 Å². The lowest BCUT2D eigenvalue weighted by Crippen LogP contribution is -2.49. The first-order valence-electron chi connectivity index (χ1n) is 24.1. The molecule has 9 aliphatic rings. The van der Waals surface area contributed by atoms with E-state index >= 15 is 0 Å². The van der Waals surface area contributed by atoms with Crippen molar-refractivity contribution in [2.24, 2.45) is 80.8 Å². The number of allylic oxidation sites excluding steroid dienone is 10. The molecule has 0 bridgehead atoms. The molecule has 57 heavy (non-hydrogen) atoms. The fourth-order valence-corrected chi connectivity index (χ4v) is 16.1. The van der Waals surface area contributed by atoms with Gasteiger partial charge in [-0.15, -0.1) is 0 Å². The Morgan fingerprint density at radius 1 is 0.667 bits per heavy atom. The number of carbonyl (C=O) groups is 2. The number of hydrogen-bond acceptors (Lipinski definition) is 3. The van der Waals surface area contributed by atoms with E-state index in [2.05, 4.69) is 99.6 Å². The Bertz CT molecular complexity index is 1730. The quantitative estimate of drug-likeness (QED) is 0.182. The SMILES string of the molecule is CC(C)=CCC[C@@H](C)[C@H]1CC[C@H]2[C@@H]3C=CC4=CC(=O)CC[C@]4(C)[C@H]3CC[C@]12C.C[C@H](CCC1OC1(C)C)[C@H]1CC[C@H]2[C@@H]3C=CC4=CC(=O)CC[C@]4(C)[C@H]3CC[C@]12C. The van der Waals surface area contributed by atoms with Gasteiger partial charge in [-0.25, -0.2) is 0 Å². The van der Waals surface area contributed by atoms with Crippen molar-refractivity contribution < 1.29 is 14.3 Å². The minimum absolute atomic E-state index is 0.134. The fraction of sp³-hybridized carbons (Fsp3) is 0.778. The van der Waals surface area contributed by atoms with E-state index in [0.717, 1.165) is 78.9 Å². The highest BCUT2D eigenvalue weighted by Crippen LogP contribution is 2.68. The molecule has 9 rings (SSSR count). The molecule has 8 aliphatic carbocycles. The summed E-state index contributed by atoms with van der Waals surface area (Å²) in [6.45, 7) is 24.1. The van der Waals surface area contributed by atoms with Gasteiger partial charge in [0.25, 0.3) is 0 Å². The van der Waals surface area contributed by atoms with Crippen LogP contribution in [0.25, 0.3) is 0 Å². The molecule has 314 valence electrons. The lowest BCUT2D eigenvalue weighted by molar-refractivity contribution is -0.117. The van der Waals surface area contributed by atoms with Gasteiger partial charge in [0.1, 0.15) is 0 Å². The van der Waals surface area contributed by atoms with Gasteiger partial charge in [0, 0.05) is 12.8 Å². The maximum Gasteiger partial charge on any atom is 0.156 e. The first-order valence-corrected chi connectivity index (χ1v) is 24.1. The average Bonchev–Trinajstić information content (AvgIpc) is 3.42. The van der Waals surface area contributed by atoms with E-state index in [-0.39, 0.29) is 16.4 Å². The normalized spacial score (nSPS) is 45.7. The van der Waals surface area contributed by atoms with Gasteiger partial charge < -0.3 is 4.74 Å². The molecule has 3 nitrogen and oxygen atoms in total. The van der Waals surface area contributed by atoms with Crippen LogP contribution >= 0.6 is 0 Å². The summed E-state index contributed by atoms with van der Waals surface area (Å²) in [4.78, 5) is 24.0. The molecule has 5 fully saturated rings. The zero-order valence-electron chi connectivity index (χ0n) is 37.9. The molecule has 0 radical (unpaired) electrons. The molecule has 15 atom stereocenters. The molecule has 0 amide bonds. The first kappa shape index (κ1) is 41.7. The molecular formula is C54H80O3. The maximum absolute atomic E-state index is 12.0. The fourth-order valence-electron chi connectivity index (χ4n) is 16.1. The average molecular weight is 777 g/mol. The van der Waals surface area contributed by atoms with Gasteiger partial charge in [-0.05, 0) is 222 Å². The minimum atomic E-state index is 0.134. The molecular weight excluding hydrogens is 697 g/mol. The van der Waals surface area contributed by atoms with Crippen LogP contribution < -0.4 is 0 Å². The number of ether oxygens (including phenoxy) is 1. The number of rotatable bonds is 8. The van der Waals surface area contributed by atoms with Gasteiger partial charge in [-0.1, -0.05) is 77.5 Å². The Balaban J connectivity index is 0.000000160. The highest BCUT2D eigenvalue weighted by molar-refractivity contribution is 5.92. The summed E-state index contributed by atoms with van der Waals surface area (Å²) in [5.74, 6) is 8.63. The highest BCUT2D eigenvalue weighted by Gasteiger charge is 2.60. The summed E-state index contributed by atoms with van der Waals surface area (Å²) in [5.41, 5.74) is 5.72. The van der Waals surface area contributed by atoms with Crippen molar-refractivity contribution in [3.8, 4) is 0 Å². The third-order valence-electron chi connectivity index (χ3n) is 19.8. The second-order valence-corrected chi connectivity index (χ2v) is 23.3. The van der Waals surface area contributed by atoms with Gasteiger partial charge in [0.15, 0.2) is 11.6 Å². The summed E-state index contributed by atoms with van der Waals surface area (Å²) in [6, 6.07) is 0. The highest BCUT2D eigenvalue weighted by atomic mass is 16.6. The number of ketones is 2. The molecule has 1 aliphatic heterocycles. The molecule has 0 N–H and O–H groups in total. The van der Waals surface area contributed by atoms with Crippen LogP contribution in [-0.2, 0) is 14.3 Å². The Hall–Kier alpha value is -2.00. The van der Waals surface area contributed by atoms with Gasteiger partial charge in [-0.3, -0.25) is 9.59 Å². The Morgan fingerprint density at radius 2 is 1.12 bits per heavy atom. The van der Waals surface area contributed by atoms with Crippen LogP contribution in [0.2, 0.25) is 0 Å². The third kappa shape index (κ3) is 7.24. The van der Waals surface area contributed by atoms with Crippen LogP contribution in [0.5, 0.6) is 0 Å². The van der Waals surface area contributed by atoms with E-state index < -0.39 is 0 Å². The number of epoxide rings is 1. The van der Waals surface area contributed by atoms with E-state index in [1.165, 1.54) is 93.8 Å². The molecule has 4 saturated carbocycles. The van der Waals surface area contributed by atoms with Crippen molar-refractivity contribution in [3.05, 3.63) is 59.3 Å². The molecule has 1 saturated heterocycles. The molecule has 0 aromatic heterocycles. The van der Waals surface area contributed by atoms with Crippen molar-refractivity contribution in [2.45, 2.75) is 184 Å². The predicted molar refractivity (Wildman–Crippen MR) is 235 cm³/mol. The van der Waals surface area contributed by atoms with Gasteiger partial charge in [-0.2, -0.15) is 0 Å². The molecule has 1 unspecified atom stereocenters. The standard InChI is InChI=1S/C27H40O2.C27H40O/c1-17(6-11-24-25(2,3)29-24)21-9-10-22-20-8-7-18-16-19(28)12-14-26(18,4)23(20)13-15-27(21,22)5;1-18(2)7-6-8-19(3)23-11-12-24-22-10-9-20-17-21(28)13-15-26(20,4)25(22)14-16-27(23,24)5/h7-8,16-17,20-24H,6,9-15H2,1-5H3;7,9-10,17,19,22-25H,6,8,11-16H2,1-5H3/t17-,20+,21-,22+,23+,24?,26+,27-;19-,22+,23-,24+,25+,26+,27-/m11/s1. The maximum atomic E-state index is 12.0. The summed E-state index contributed by atoms with van der Waals surface area (Å²) in [5, 5.41) is 0. The number of fused-ring (bicyclic) bond motifs is 10. The van der Waals surface area contributed by atoms with Gasteiger partial charge in [0.05, 0.1) is 11.7 Å². The largest absolute Gasteiger partial charge is 0.367 e. The molecule has 3 heteroatoms. The van der Waals surface area contributed by atoms with Gasteiger partial charge >= 0.3 is 0 Å². The zero-order chi connectivity index (χ0) is 40.7. The van der Waals surface area contributed by atoms with Crippen LogP contribution in [0.1, 0.15) is 172 Å². The van der Waals surface area contributed by atoms with E-state index in [1.54, 1.807) is 0 Å². The van der Waals surface area contributed by atoms with Crippen LogP contribution in [0.4, 0.5) is 0 Å². The smallest absolute Gasteiger partial charge is 0.156 e. The van der Waals surface area contributed by atoms with Crippen molar-refractivity contribution in [3.63, 3.8) is 0 Å². The Kier molecular flexibility index (Phi) is 11.1. The topological polar surface area (TPSA) is 46.7 Å². The third-order valence-corrected chi connectivity index (χ3v) is 19.8.